The molecule has 2 atom stereocenters. The maximum absolute atomic E-state index is 11.5. The highest BCUT2D eigenvalue weighted by Gasteiger charge is 2.17. The van der Waals surface area contributed by atoms with Crippen molar-refractivity contribution in [1.82, 2.24) is 16.0 Å². The van der Waals surface area contributed by atoms with Gasteiger partial charge in [0, 0.05) is 7.11 Å². The number of methoxy groups -OCH3 is 1. The van der Waals surface area contributed by atoms with E-state index >= 15 is 0 Å². The van der Waals surface area contributed by atoms with Crippen molar-refractivity contribution >= 4 is 30.3 Å². The van der Waals surface area contributed by atoms with E-state index in [-0.39, 0.29) is 25.0 Å². The summed E-state index contributed by atoms with van der Waals surface area (Å²) in [6.45, 7) is 3.68. The minimum absolute atomic E-state index is 0. The summed E-state index contributed by atoms with van der Waals surface area (Å²) >= 11 is 0. The van der Waals surface area contributed by atoms with Gasteiger partial charge in [0.15, 0.2) is 0 Å². The maximum atomic E-state index is 11.5. The highest BCUT2D eigenvalue weighted by molar-refractivity contribution is 5.95. The molecule has 21 heavy (non-hydrogen) atoms. The number of aliphatic carboxylic acids is 1. The number of carbonyl (C=O) groups excluding carboxylic acids is 2. The molecule has 0 aromatic heterocycles. The van der Waals surface area contributed by atoms with Crippen LogP contribution in [0.1, 0.15) is 26.7 Å². The molecule has 0 fully saturated rings. The van der Waals surface area contributed by atoms with Crippen molar-refractivity contribution in [2.75, 3.05) is 20.3 Å². The van der Waals surface area contributed by atoms with E-state index in [0.29, 0.717) is 19.4 Å². The number of halogens is 1. The van der Waals surface area contributed by atoms with Gasteiger partial charge in [0.2, 0.25) is 5.91 Å². The zero-order valence-electron chi connectivity index (χ0n) is 12.5. The van der Waals surface area contributed by atoms with Crippen LogP contribution in [0.3, 0.4) is 0 Å². The number of carboxylic acid groups (broad SMARTS) is 1. The van der Waals surface area contributed by atoms with Crippen LogP contribution in [0, 0.1) is 0 Å². The van der Waals surface area contributed by atoms with E-state index in [0.717, 1.165) is 0 Å². The standard InChI is InChI=1S/C12H23N3O5.ClH/c1-4-5-9(11(17)18)13-6-10(16)15-12(19)14-8(2)7-20-3;/h8-9,13H,4-7H2,1-3H3,(H,17,18)(H2,14,15,16,19);1H. The molecule has 4 N–H and O–H groups in total. The van der Waals surface area contributed by atoms with E-state index in [9.17, 15) is 14.4 Å². The lowest BCUT2D eigenvalue weighted by molar-refractivity contribution is -0.139. The molecule has 3 amide bonds. The number of urea groups is 1. The first-order valence-corrected chi connectivity index (χ1v) is 6.46. The molecule has 124 valence electrons. The summed E-state index contributed by atoms with van der Waals surface area (Å²) in [6.07, 6.45) is 1.10. The first kappa shape index (κ1) is 21.9. The van der Waals surface area contributed by atoms with Gasteiger partial charge in [-0.1, -0.05) is 13.3 Å². The van der Waals surface area contributed by atoms with Crippen LogP contribution in [0.4, 0.5) is 4.79 Å². The summed E-state index contributed by atoms with van der Waals surface area (Å²) in [4.78, 5) is 33.7. The van der Waals surface area contributed by atoms with Crippen LogP contribution in [-0.2, 0) is 14.3 Å². The second kappa shape index (κ2) is 12.4. The van der Waals surface area contributed by atoms with Crippen molar-refractivity contribution in [3.05, 3.63) is 0 Å². The van der Waals surface area contributed by atoms with Gasteiger partial charge < -0.3 is 15.2 Å². The molecular formula is C12H24ClN3O5. The monoisotopic (exact) mass is 325 g/mol. The predicted molar refractivity (Wildman–Crippen MR) is 79.6 cm³/mol. The molecule has 0 saturated carbocycles. The Labute approximate surface area is 130 Å². The minimum Gasteiger partial charge on any atom is -0.480 e. The Hall–Kier alpha value is -1.38. The van der Waals surface area contributed by atoms with Crippen LogP contribution < -0.4 is 16.0 Å². The van der Waals surface area contributed by atoms with Crippen LogP contribution in [-0.4, -0.2) is 55.4 Å². The molecule has 0 aliphatic carbocycles. The van der Waals surface area contributed by atoms with Crippen LogP contribution >= 0.6 is 12.4 Å². The third-order valence-electron chi connectivity index (χ3n) is 2.43. The minimum atomic E-state index is -1.02. The number of carboxylic acids is 1. The van der Waals surface area contributed by atoms with Gasteiger partial charge in [0.1, 0.15) is 6.04 Å². The molecular weight excluding hydrogens is 302 g/mol. The van der Waals surface area contributed by atoms with Crippen molar-refractivity contribution in [2.45, 2.75) is 38.8 Å². The summed E-state index contributed by atoms with van der Waals surface area (Å²) in [5.41, 5.74) is 0. The molecule has 0 bridgehead atoms. The Morgan fingerprint density at radius 3 is 2.38 bits per heavy atom. The molecule has 2 unspecified atom stereocenters. The Balaban J connectivity index is 0. The first-order chi connectivity index (χ1) is 9.40. The molecule has 0 spiro atoms. The Morgan fingerprint density at radius 2 is 1.90 bits per heavy atom. The quantitative estimate of drug-likeness (QED) is 0.478. The average molecular weight is 326 g/mol. The van der Waals surface area contributed by atoms with Crippen LogP contribution in [0.15, 0.2) is 0 Å². The Morgan fingerprint density at radius 1 is 1.29 bits per heavy atom. The van der Waals surface area contributed by atoms with Gasteiger partial charge in [0.05, 0.1) is 19.2 Å². The highest BCUT2D eigenvalue weighted by Crippen LogP contribution is 1.95. The Bertz CT molecular complexity index is 341. The highest BCUT2D eigenvalue weighted by atomic mass is 35.5. The predicted octanol–water partition coefficient (Wildman–Crippen LogP) is 0.112. The molecule has 0 heterocycles. The lowest BCUT2D eigenvalue weighted by atomic mass is 10.2. The van der Waals surface area contributed by atoms with Crippen LogP contribution in [0.5, 0.6) is 0 Å². The van der Waals surface area contributed by atoms with Crippen molar-refractivity contribution in [3.63, 3.8) is 0 Å². The molecule has 0 aromatic rings. The fraction of sp³-hybridized carbons (Fsp3) is 0.750. The second-order valence-electron chi connectivity index (χ2n) is 4.44. The molecule has 9 heteroatoms. The number of ether oxygens (including phenoxy) is 1. The summed E-state index contributed by atoms with van der Waals surface area (Å²) in [6, 6.07) is -1.66. The van der Waals surface area contributed by atoms with E-state index in [2.05, 4.69) is 16.0 Å². The number of imide groups is 1. The first-order valence-electron chi connectivity index (χ1n) is 6.46. The van der Waals surface area contributed by atoms with Gasteiger partial charge >= 0.3 is 12.0 Å². The number of hydrogen-bond acceptors (Lipinski definition) is 5. The van der Waals surface area contributed by atoms with Crippen LogP contribution in [0.2, 0.25) is 0 Å². The van der Waals surface area contributed by atoms with Gasteiger partial charge in [-0.2, -0.15) is 0 Å². The zero-order chi connectivity index (χ0) is 15.5. The van der Waals surface area contributed by atoms with Gasteiger partial charge in [-0.25, -0.2) is 4.79 Å². The van der Waals surface area contributed by atoms with E-state index in [4.69, 9.17) is 9.84 Å². The average Bonchev–Trinajstić information content (AvgIpc) is 2.33. The fourth-order valence-corrected chi connectivity index (χ4v) is 1.54. The van der Waals surface area contributed by atoms with Crippen molar-refractivity contribution in [1.29, 1.82) is 0 Å². The summed E-state index contributed by atoms with van der Waals surface area (Å²) in [5, 5.41) is 16.1. The van der Waals surface area contributed by atoms with Gasteiger partial charge in [-0.3, -0.25) is 20.2 Å². The molecule has 0 saturated heterocycles. The topological polar surface area (TPSA) is 117 Å². The van der Waals surface area contributed by atoms with Gasteiger partial charge in [0.25, 0.3) is 0 Å². The molecule has 0 aromatic carbocycles. The van der Waals surface area contributed by atoms with Crippen molar-refractivity contribution < 1.29 is 24.2 Å². The van der Waals surface area contributed by atoms with E-state index < -0.39 is 23.9 Å². The van der Waals surface area contributed by atoms with Gasteiger partial charge in [-0.15, -0.1) is 12.4 Å². The smallest absolute Gasteiger partial charge is 0.321 e. The molecule has 0 aliphatic heterocycles. The maximum Gasteiger partial charge on any atom is 0.321 e. The summed E-state index contributed by atoms with van der Waals surface area (Å²) in [7, 11) is 1.50. The normalized spacial score (nSPS) is 12.7. The number of amides is 3. The lowest BCUT2D eigenvalue weighted by Gasteiger charge is -2.15. The molecule has 0 aliphatic rings. The molecule has 0 radical (unpaired) electrons. The second-order valence-corrected chi connectivity index (χ2v) is 4.44. The SMILES string of the molecule is CCCC(NCC(=O)NC(=O)NC(C)COC)C(=O)O.Cl. The summed E-state index contributed by atoms with van der Waals surface area (Å²) in [5.74, 6) is -1.60. The number of rotatable bonds is 9. The van der Waals surface area contributed by atoms with E-state index in [1.54, 1.807) is 6.92 Å². The molecule has 0 rings (SSSR count). The number of nitrogens with one attached hydrogen (secondary N) is 3. The lowest BCUT2D eigenvalue weighted by Crippen LogP contribution is -2.49. The third kappa shape index (κ3) is 11.0. The van der Waals surface area contributed by atoms with Crippen LogP contribution in [0.25, 0.3) is 0 Å². The number of carbonyl (C=O) groups is 3. The summed E-state index contributed by atoms with van der Waals surface area (Å²) < 4.78 is 4.84. The third-order valence-corrected chi connectivity index (χ3v) is 2.43. The number of hydrogen-bond donors (Lipinski definition) is 4. The van der Waals surface area contributed by atoms with E-state index in [1.165, 1.54) is 7.11 Å². The largest absolute Gasteiger partial charge is 0.480 e. The van der Waals surface area contributed by atoms with Crippen molar-refractivity contribution in [3.8, 4) is 0 Å². The van der Waals surface area contributed by atoms with E-state index in [1.807, 2.05) is 6.92 Å². The van der Waals surface area contributed by atoms with Gasteiger partial charge in [-0.05, 0) is 13.3 Å². The fourth-order valence-electron chi connectivity index (χ4n) is 1.54. The zero-order valence-corrected chi connectivity index (χ0v) is 13.3. The molecule has 8 nitrogen and oxygen atoms in total. The van der Waals surface area contributed by atoms with Crippen molar-refractivity contribution in [2.24, 2.45) is 0 Å². The Kier molecular flexibility index (Phi) is 12.9.